The second kappa shape index (κ2) is 8.18. The molecule has 0 aromatic heterocycles. The fraction of sp³-hybridized carbons (Fsp3) is 0.235. The van der Waals surface area contributed by atoms with Gasteiger partial charge in [-0.3, -0.25) is 4.79 Å². The molecular formula is C17H16ClF3N2O3. The van der Waals surface area contributed by atoms with Crippen LogP contribution in [-0.4, -0.2) is 26.7 Å². The van der Waals surface area contributed by atoms with Gasteiger partial charge in [-0.15, -0.1) is 0 Å². The topological polar surface area (TPSA) is 59.6 Å². The standard InChI is InChI=1S/C17H16ClF3N2O3/c1-25-11-4-6-13(15(8-11)26-2)22-9-16(24)23-14-7-10(17(19,20)21)3-5-12(14)18/h3-8,22H,9H2,1-2H3,(H,23,24). The summed E-state index contributed by atoms with van der Waals surface area (Å²) in [5.74, 6) is 0.464. The molecule has 0 aliphatic heterocycles. The maximum absolute atomic E-state index is 12.8. The number of alkyl halides is 3. The predicted molar refractivity (Wildman–Crippen MR) is 93.1 cm³/mol. The van der Waals surface area contributed by atoms with Gasteiger partial charge < -0.3 is 20.1 Å². The molecule has 0 spiro atoms. The minimum absolute atomic E-state index is 0.00776. The molecule has 0 bridgehead atoms. The van der Waals surface area contributed by atoms with Crippen molar-refractivity contribution < 1.29 is 27.4 Å². The highest BCUT2D eigenvalue weighted by molar-refractivity contribution is 6.33. The number of carbonyl (C=O) groups is 1. The van der Waals surface area contributed by atoms with Crippen LogP contribution in [0.15, 0.2) is 36.4 Å². The molecule has 0 unspecified atom stereocenters. The average molecular weight is 389 g/mol. The zero-order valence-electron chi connectivity index (χ0n) is 13.9. The van der Waals surface area contributed by atoms with Crippen LogP contribution >= 0.6 is 11.6 Å². The van der Waals surface area contributed by atoms with Crippen LogP contribution in [0, 0.1) is 0 Å². The van der Waals surface area contributed by atoms with Gasteiger partial charge in [0.2, 0.25) is 5.91 Å². The first-order chi connectivity index (χ1) is 12.2. The van der Waals surface area contributed by atoms with Crippen LogP contribution in [-0.2, 0) is 11.0 Å². The number of amides is 1. The Balaban J connectivity index is 2.06. The van der Waals surface area contributed by atoms with E-state index in [0.29, 0.717) is 17.2 Å². The molecule has 9 heteroatoms. The Morgan fingerprint density at radius 2 is 1.81 bits per heavy atom. The molecule has 26 heavy (non-hydrogen) atoms. The van der Waals surface area contributed by atoms with Gasteiger partial charge in [0, 0.05) is 6.07 Å². The van der Waals surface area contributed by atoms with Crippen molar-refractivity contribution in [3.63, 3.8) is 0 Å². The lowest BCUT2D eigenvalue weighted by Crippen LogP contribution is -2.22. The van der Waals surface area contributed by atoms with Gasteiger partial charge in [0.15, 0.2) is 0 Å². The zero-order valence-corrected chi connectivity index (χ0v) is 14.7. The summed E-state index contributed by atoms with van der Waals surface area (Å²) in [6.07, 6.45) is -4.53. The van der Waals surface area contributed by atoms with E-state index in [0.717, 1.165) is 18.2 Å². The average Bonchev–Trinajstić information content (AvgIpc) is 2.60. The van der Waals surface area contributed by atoms with Crippen molar-refractivity contribution in [2.24, 2.45) is 0 Å². The highest BCUT2D eigenvalue weighted by Gasteiger charge is 2.31. The fourth-order valence-corrected chi connectivity index (χ4v) is 2.28. The number of anilines is 2. The van der Waals surface area contributed by atoms with Gasteiger partial charge in [-0.05, 0) is 30.3 Å². The second-order valence-corrected chi connectivity index (χ2v) is 5.57. The van der Waals surface area contributed by atoms with Crippen molar-refractivity contribution in [1.29, 1.82) is 0 Å². The number of nitrogens with one attached hydrogen (secondary N) is 2. The van der Waals surface area contributed by atoms with E-state index >= 15 is 0 Å². The van der Waals surface area contributed by atoms with Gasteiger partial charge in [-0.1, -0.05) is 11.6 Å². The summed E-state index contributed by atoms with van der Waals surface area (Å²) < 4.78 is 48.5. The highest BCUT2D eigenvalue weighted by atomic mass is 35.5. The predicted octanol–water partition coefficient (Wildman–Crippen LogP) is 4.43. The van der Waals surface area contributed by atoms with E-state index in [2.05, 4.69) is 10.6 Å². The number of hydrogen-bond donors (Lipinski definition) is 2. The lowest BCUT2D eigenvalue weighted by atomic mass is 10.2. The first-order valence-corrected chi connectivity index (χ1v) is 7.75. The third-order valence-corrected chi connectivity index (χ3v) is 3.75. The Hall–Kier alpha value is -2.61. The first-order valence-electron chi connectivity index (χ1n) is 7.37. The van der Waals surface area contributed by atoms with Crippen LogP contribution in [0.5, 0.6) is 11.5 Å². The van der Waals surface area contributed by atoms with Gasteiger partial charge in [0.05, 0.1) is 42.7 Å². The molecule has 2 rings (SSSR count). The molecule has 5 nitrogen and oxygen atoms in total. The van der Waals surface area contributed by atoms with Gasteiger partial charge in [0.25, 0.3) is 0 Å². The normalized spacial score (nSPS) is 11.0. The van der Waals surface area contributed by atoms with Crippen molar-refractivity contribution in [3.05, 3.63) is 47.0 Å². The Morgan fingerprint density at radius 1 is 1.08 bits per heavy atom. The Bertz CT molecular complexity index is 797. The third-order valence-electron chi connectivity index (χ3n) is 3.42. The summed E-state index contributed by atoms with van der Waals surface area (Å²) in [6, 6.07) is 7.67. The van der Waals surface area contributed by atoms with Crippen LogP contribution in [0.25, 0.3) is 0 Å². The Morgan fingerprint density at radius 3 is 2.42 bits per heavy atom. The number of carbonyl (C=O) groups excluding carboxylic acids is 1. The van der Waals surface area contributed by atoms with E-state index in [4.69, 9.17) is 21.1 Å². The van der Waals surface area contributed by atoms with Crippen LogP contribution in [0.1, 0.15) is 5.56 Å². The quantitative estimate of drug-likeness (QED) is 0.768. The van der Waals surface area contributed by atoms with E-state index in [1.165, 1.54) is 14.2 Å². The van der Waals surface area contributed by atoms with Crippen LogP contribution < -0.4 is 20.1 Å². The third kappa shape index (κ3) is 4.95. The molecule has 0 aliphatic carbocycles. The highest BCUT2D eigenvalue weighted by Crippen LogP contribution is 2.34. The molecule has 1 amide bonds. The van der Waals surface area contributed by atoms with E-state index in [1.54, 1.807) is 18.2 Å². The fourth-order valence-electron chi connectivity index (χ4n) is 2.11. The van der Waals surface area contributed by atoms with Crippen molar-refractivity contribution in [2.45, 2.75) is 6.18 Å². The second-order valence-electron chi connectivity index (χ2n) is 5.16. The molecule has 2 aromatic carbocycles. The van der Waals surface area contributed by atoms with Crippen LogP contribution in [0.4, 0.5) is 24.5 Å². The Kier molecular flexibility index (Phi) is 6.20. The lowest BCUT2D eigenvalue weighted by molar-refractivity contribution is -0.137. The molecule has 140 valence electrons. The summed E-state index contributed by atoms with van der Waals surface area (Å²) in [7, 11) is 2.97. The summed E-state index contributed by atoms with van der Waals surface area (Å²) in [6.45, 7) is -0.199. The number of rotatable bonds is 6. The number of methoxy groups -OCH3 is 2. The van der Waals surface area contributed by atoms with Crippen LogP contribution in [0.3, 0.4) is 0 Å². The Labute approximate surface area is 153 Å². The molecule has 0 aliphatic rings. The SMILES string of the molecule is COc1ccc(NCC(=O)Nc2cc(C(F)(F)F)ccc2Cl)c(OC)c1. The maximum atomic E-state index is 12.8. The molecule has 0 fully saturated rings. The molecule has 2 aromatic rings. The number of hydrogen-bond acceptors (Lipinski definition) is 4. The summed E-state index contributed by atoms with van der Waals surface area (Å²) in [5.41, 5.74) is -0.490. The first kappa shape index (κ1) is 19.7. The lowest BCUT2D eigenvalue weighted by Gasteiger charge is -2.14. The molecule has 0 heterocycles. The monoisotopic (exact) mass is 388 g/mol. The number of ether oxygens (including phenoxy) is 2. The van der Waals surface area contributed by atoms with Crippen molar-refractivity contribution in [1.82, 2.24) is 0 Å². The summed E-state index contributed by atoms with van der Waals surface area (Å²) >= 11 is 5.85. The minimum atomic E-state index is -4.53. The molecule has 0 saturated heterocycles. The van der Waals surface area contributed by atoms with Gasteiger partial charge in [-0.2, -0.15) is 13.2 Å². The van der Waals surface area contributed by atoms with Crippen molar-refractivity contribution in [3.8, 4) is 11.5 Å². The largest absolute Gasteiger partial charge is 0.497 e. The summed E-state index contributed by atoms with van der Waals surface area (Å²) in [5, 5.41) is 5.20. The number of benzene rings is 2. The smallest absolute Gasteiger partial charge is 0.416 e. The van der Waals surface area contributed by atoms with Gasteiger partial charge in [0.1, 0.15) is 11.5 Å². The van der Waals surface area contributed by atoms with E-state index in [-0.39, 0.29) is 17.3 Å². The van der Waals surface area contributed by atoms with Gasteiger partial charge >= 0.3 is 6.18 Å². The van der Waals surface area contributed by atoms with Crippen molar-refractivity contribution >= 4 is 28.9 Å². The van der Waals surface area contributed by atoms with Gasteiger partial charge in [-0.25, -0.2) is 0 Å². The van der Waals surface area contributed by atoms with E-state index in [9.17, 15) is 18.0 Å². The molecule has 0 radical (unpaired) electrons. The van der Waals surface area contributed by atoms with E-state index in [1.807, 2.05) is 0 Å². The molecule has 2 N–H and O–H groups in total. The van der Waals surface area contributed by atoms with Crippen LogP contribution in [0.2, 0.25) is 5.02 Å². The summed E-state index contributed by atoms with van der Waals surface area (Å²) in [4.78, 5) is 12.0. The number of halogens is 4. The maximum Gasteiger partial charge on any atom is 0.416 e. The molecular weight excluding hydrogens is 373 g/mol. The minimum Gasteiger partial charge on any atom is -0.497 e. The molecule has 0 atom stereocenters. The zero-order chi connectivity index (χ0) is 19.3. The van der Waals surface area contributed by atoms with E-state index < -0.39 is 17.6 Å². The van der Waals surface area contributed by atoms with Crippen molar-refractivity contribution in [2.75, 3.05) is 31.4 Å². The molecule has 0 saturated carbocycles.